The molecule has 3 rings (SSSR count). The minimum Gasteiger partial charge on any atom is -0.351 e. The molecule has 2 N–H and O–H groups in total. The van der Waals surface area contributed by atoms with Crippen molar-refractivity contribution in [1.82, 2.24) is 9.97 Å². The number of rotatable bonds is 4. The lowest BCUT2D eigenvalue weighted by molar-refractivity contribution is -0.143. The summed E-state index contributed by atoms with van der Waals surface area (Å²) in [5.74, 6) is -1.08. The van der Waals surface area contributed by atoms with Crippen LogP contribution in [-0.4, -0.2) is 16.0 Å². The van der Waals surface area contributed by atoms with Crippen molar-refractivity contribution < 1.29 is 39.5 Å². The summed E-state index contributed by atoms with van der Waals surface area (Å²) in [5.41, 5.74) is -5.52. The van der Waals surface area contributed by atoms with E-state index in [1.807, 2.05) is 0 Å². The minimum absolute atomic E-state index is 0.116. The van der Waals surface area contributed by atoms with Crippen molar-refractivity contribution >= 4 is 17.5 Å². The Morgan fingerprint density at radius 3 is 1.97 bits per heavy atom. The highest BCUT2D eigenvalue weighted by Gasteiger charge is 2.39. The van der Waals surface area contributed by atoms with E-state index in [1.165, 1.54) is 0 Å². The van der Waals surface area contributed by atoms with Gasteiger partial charge in [0, 0.05) is 12.1 Å². The molecule has 0 bridgehead atoms. The van der Waals surface area contributed by atoms with Crippen LogP contribution in [-0.2, 0) is 18.5 Å². The monoisotopic (exact) mass is 472 g/mol. The van der Waals surface area contributed by atoms with E-state index >= 15 is 0 Å². The van der Waals surface area contributed by atoms with E-state index in [9.17, 15) is 39.5 Å². The molecular formula is C19H17F9N4. The Bertz CT molecular complexity index is 945. The Balaban J connectivity index is 1.99. The van der Waals surface area contributed by atoms with Crippen LogP contribution in [0, 0.1) is 0 Å². The molecule has 13 heteroatoms. The maximum atomic E-state index is 13.3. The van der Waals surface area contributed by atoms with Crippen molar-refractivity contribution in [2.24, 2.45) is 0 Å². The number of alkyl halides is 9. The SMILES string of the molecule is FC(F)(F)c1ccc(Nc2cc(C(F)(F)F)nc(NC3CCCCC3)n2)c(C(F)(F)F)c1. The first-order chi connectivity index (χ1) is 14.7. The average Bonchev–Trinajstić information content (AvgIpc) is 2.66. The van der Waals surface area contributed by atoms with Crippen molar-refractivity contribution in [3.05, 3.63) is 41.1 Å². The fourth-order valence-corrected chi connectivity index (χ4v) is 3.35. The fraction of sp³-hybridized carbons (Fsp3) is 0.474. The molecule has 4 nitrogen and oxygen atoms in total. The lowest BCUT2D eigenvalue weighted by Gasteiger charge is -2.23. The molecule has 1 fully saturated rings. The zero-order valence-corrected chi connectivity index (χ0v) is 16.2. The third-order valence-electron chi connectivity index (χ3n) is 4.87. The normalized spacial score (nSPS) is 16.2. The van der Waals surface area contributed by atoms with Gasteiger partial charge in [-0.1, -0.05) is 19.3 Å². The molecule has 1 aliphatic rings. The van der Waals surface area contributed by atoms with E-state index < -0.39 is 52.8 Å². The number of hydrogen-bond donors (Lipinski definition) is 2. The zero-order valence-electron chi connectivity index (χ0n) is 16.2. The summed E-state index contributed by atoms with van der Waals surface area (Å²) in [6, 6.07) is 0.968. The predicted molar refractivity (Wildman–Crippen MR) is 97.3 cm³/mol. The van der Waals surface area contributed by atoms with Gasteiger partial charge in [0.2, 0.25) is 5.95 Å². The largest absolute Gasteiger partial charge is 0.433 e. The summed E-state index contributed by atoms with van der Waals surface area (Å²) in [5, 5.41) is 4.83. The summed E-state index contributed by atoms with van der Waals surface area (Å²) >= 11 is 0. The second kappa shape index (κ2) is 8.66. The minimum atomic E-state index is -5.20. The average molecular weight is 472 g/mol. The lowest BCUT2D eigenvalue weighted by atomic mass is 9.96. The van der Waals surface area contributed by atoms with Gasteiger partial charge in [-0.25, -0.2) is 4.98 Å². The van der Waals surface area contributed by atoms with Gasteiger partial charge in [0.15, 0.2) is 5.69 Å². The third-order valence-corrected chi connectivity index (χ3v) is 4.87. The first-order valence-corrected chi connectivity index (χ1v) is 9.52. The number of aromatic nitrogens is 2. The van der Waals surface area contributed by atoms with Crippen molar-refractivity contribution in [3.63, 3.8) is 0 Å². The Morgan fingerprint density at radius 2 is 1.41 bits per heavy atom. The van der Waals surface area contributed by atoms with E-state index in [2.05, 4.69) is 20.6 Å². The van der Waals surface area contributed by atoms with Gasteiger partial charge >= 0.3 is 18.5 Å². The third kappa shape index (κ3) is 5.94. The van der Waals surface area contributed by atoms with Crippen molar-refractivity contribution in [1.29, 1.82) is 0 Å². The van der Waals surface area contributed by atoms with Crippen molar-refractivity contribution in [2.75, 3.05) is 10.6 Å². The fourth-order valence-electron chi connectivity index (χ4n) is 3.35. The van der Waals surface area contributed by atoms with Crippen molar-refractivity contribution in [3.8, 4) is 0 Å². The van der Waals surface area contributed by atoms with E-state index in [0.29, 0.717) is 31.0 Å². The molecule has 1 aromatic heterocycles. The van der Waals surface area contributed by atoms with Crippen LogP contribution in [0.25, 0.3) is 0 Å². The van der Waals surface area contributed by atoms with Crippen LogP contribution in [0.4, 0.5) is 57.0 Å². The van der Waals surface area contributed by atoms with E-state index in [-0.39, 0.29) is 12.1 Å². The molecule has 0 spiro atoms. The van der Waals surface area contributed by atoms with Crippen molar-refractivity contribution in [2.45, 2.75) is 56.7 Å². The number of hydrogen-bond acceptors (Lipinski definition) is 4. The Hall–Kier alpha value is -2.73. The number of anilines is 3. The van der Waals surface area contributed by atoms with Gasteiger partial charge in [-0.15, -0.1) is 0 Å². The van der Waals surface area contributed by atoms with Crippen LogP contribution >= 0.6 is 0 Å². The van der Waals surface area contributed by atoms with Gasteiger partial charge in [-0.05, 0) is 31.0 Å². The molecule has 176 valence electrons. The number of benzene rings is 1. The molecule has 32 heavy (non-hydrogen) atoms. The first kappa shape index (κ1) is 23.9. The van der Waals surface area contributed by atoms with Crippen LogP contribution in [0.1, 0.15) is 48.9 Å². The predicted octanol–water partition coefficient (Wildman–Crippen LogP) is 7.02. The summed E-state index contributed by atoms with van der Waals surface area (Å²) < 4.78 is 118. The molecule has 0 amide bonds. The second-order valence-electron chi connectivity index (χ2n) is 7.32. The van der Waals surface area contributed by atoms with Crippen LogP contribution in [0.15, 0.2) is 24.3 Å². The highest BCUT2D eigenvalue weighted by molar-refractivity contribution is 5.63. The molecule has 0 aliphatic heterocycles. The standard InChI is InChI=1S/C19H17F9N4/c20-17(21,22)10-6-7-13(12(8-10)18(23,24)25)30-15-9-14(19(26,27)28)31-16(32-15)29-11-4-2-1-3-5-11/h6-9,11H,1-5H2,(H2,29,30,31,32). The number of halogens is 9. The summed E-state index contributed by atoms with van der Waals surface area (Å²) in [7, 11) is 0. The Morgan fingerprint density at radius 1 is 0.750 bits per heavy atom. The first-order valence-electron chi connectivity index (χ1n) is 9.52. The smallest absolute Gasteiger partial charge is 0.351 e. The molecule has 1 aromatic carbocycles. The summed E-state index contributed by atoms with van der Waals surface area (Å²) in [6.45, 7) is 0. The molecule has 0 atom stereocenters. The maximum absolute atomic E-state index is 13.3. The molecular weight excluding hydrogens is 455 g/mol. The number of nitrogens with zero attached hydrogens (tertiary/aromatic N) is 2. The second-order valence-corrected chi connectivity index (χ2v) is 7.32. The molecule has 0 radical (unpaired) electrons. The van der Waals surface area contributed by atoms with Crippen LogP contribution in [0.2, 0.25) is 0 Å². The highest BCUT2D eigenvalue weighted by Crippen LogP contribution is 2.40. The van der Waals surface area contributed by atoms with Crippen LogP contribution < -0.4 is 10.6 Å². The molecule has 0 saturated heterocycles. The van der Waals surface area contributed by atoms with Gasteiger partial charge in [0.05, 0.1) is 16.8 Å². The summed E-state index contributed by atoms with van der Waals surface area (Å²) in [4.78, 5) is 7.21. The molecule has 1 aliphatic carbocycles. The Labute approximate surface area is 176 Å². The molecule has 1 saturated carbocycles. The Kier molecular flexibility index (Phi) is 6.47. The van der Waals surface area contributed by atoms with E-state index in [0.717, 1.165) is 19.3 Å². The van der Waals surface area contributed by atoms with Crippen LogP contribution in [0.3, 0.4) is 0 Å². The van der Waals surface area contributed by atoms with Gasteiger partial charge < -0.3 is 10.6 Å². The molecule has 2 aromatic rings. The van der Waals surface area contributed by atoms with Crippen LogP contribution in [0.5, 0.6) is 0 Å². The molecule has 1 heterocycles. The summed E-state index contributed by atoms with van der Waals surface area (Å²) in [6.07, 6.45) is -11.2. The number of nitrogens with one attached hydrogen (secondary N) is 2. The maximum Gasteiger partial charge on any atom is 0.433 e. The molecule has 0 unspecified atom stereocenters. The topological polar surface area (TPSA) is 49.8 Å². The zero-order chi connectivity index (χ0) is 23.7. The quantitative estimate of drug-likeness (QED) is 0.470. The highest BCUT2D eigenvalue weighted by atomic mass is 19.4. The van der Waals surface area contributed by atoms with Gasteiger partial charge in [-0.3, -0.25) is 0 Å². The van der Waals surface area contributed by atoms with E-state index in [1.54, 1.807) is 0 Å². The van der Waals surface area contributed by atoms with Gasteiger partial charge in [0.25, 0.3) is 0 Å². The van der Waals surface area contributed by atoms with Gasteiger partial charge in [0.1, 0.15) is 5.82 Å². The van der Waals surface area contributed by atoms with E-state index in [4.69, 9.17) is 0 Å². The van der Waals surface area contributed by atoms with Gasteiger partial charge in [-0.2, -0.15) is 44.5 Å². The lowest BCUT2D eigenvalue weighted by Crippen LogP contribution is -2.24.